The highest BCUT2D eigenvalue weighted by Crippen LogP contribution is 2.40. The average molecular weight is 449 g/mol. The summed E-state index contributed by atoms with van der Waals surface area (Å²) in [5.41, 5.74) is 7.01. The number of carbonyl (C=O) groups excluding carboxylic acids is 1. The van der Waals surface area contributed by atoms with E-state index in [1.54, 1.807) is 24.3 Å². The Hall–Kier alpha value is -2.74. The maximum absolute atomic E-state index is 13.4. The van der Waals surface area contributed by atoms with Gasteiger partial charge in [0.15, 0.2) is 5.78 Å². The van der Waals surface area contributed by atoms with Gasteiger partial charge in [0.1, 0.15) is 5.82 Å². The van der Waals surface area contributed by atoms with E-state index >= 15 is 0 Å². The normalized spacial score (nSPS) is 17.4. The molecular formula is C30H37FO2. The van der Waals surface area contributed by atoms with Crippen molar-refractivity contribution in [3.05, 3.63) is 102 Å². The van der Waals surface area contributed by atoms with Gasteiger partial charge in [-0.2, -0.15) is 0 Å². The van der Waals surface area contributed by atoms with Gasteiger partial charge < -0.3 is 4.74 Å². The van der Waals surface area contributed by atoms with E-state index in [1.807, 2.05) is 13.0 Å². The Labute approximate surface area is 198 Å². The Kier molecular flexibility index (Phi) is 10.0. The van der Waals surface area contributed by atoms with Crippen LogP contribution in [0, 0.1) is 11.2 Å². The zero-order chi connectivity index (χ0) is 24.4. The van der Waals surface area contributed by atoms with E-state index in [2.05, 4.69) is 39.3 Å². The van der Waals surface area contributed by atoms with Crippen molar-refractivity contribution in [2.75, 3.05) is 13.2 Å². The summed E-state index contributed by atoms with van der Waals surface area (Å²) in [6.07, 6.45) is 9.58. The molecule has 0 amide bonds. The van der Waals surface area contributed by atoms with E-state index in [-0.39, 0.29) is 22.9 Å². The second-order valence-corrected chi connectivity index (χ2v) is 9.09. The van der Waals surface area contributed by atoms with Crippen LogP contribution in [0.2, 0.25) is 0 Å². The fraction of sp³-hybridized carbons (Fsp3) is 0.400. The molecule has 1 heterocycles. The first kappa shape index (κ1) is 26.5. The van der Waals surface area contributed by atoms with Crippen molar-refractivity contribution in [3.63, 3.8) is 0 Å². The van der Waals surface area contributed by atoms with E-state index in [0.29, 0.717) is 24.0 Å². The first-order valence-electron chi connectivity index (χ1n) is 11.7. The number of ether oxygens (including phenoxy) is 1. The Morgan fingerprint density at radius 3 is 2.45 bits per heavy atom. The molecule has 3 heteroatoms. The lowest BCUT2D eigenvalue weighted by Crippen LogP contribution is -2.30. The van der Waals surface area contributed by atoms with Gasteiger partial charge in [-0.15, -0.1) is 5.73 Å². The minimum Gasteiger partial charge on any atom is -0.381 e. The maximum Gasteiger partial charge on any atom is 0.189 e. The topological polar surface area (TPSA) is 26.3 Å². The van der Waals surface area contributed by atoms with Gasteiger partial charge >= 0.3 is 0 Å². The highest BCUT2D eigenvalue weighted by molar-refractivity contribution is 6.10. The molecule has 0 N–H and O–H groups in total. The maximum atomic E-state index is 13.4. The van der Waals surface area contributed by atoms with Crippen LogP contribution >= 0.6 is 0 Å². The number of hydrogen-bond donors (Lipinski definition) is 0. The third-order valence-corrected chi connectivity index (χ3v) is 6.84. The van der Waals surface area contributed by atoms with Crippen molar-refractivity contribution in [2.45, 2.75) is 58.8 Å². The van der Waals surface area contributed by atoms with Crippen LogP contribution in [0.15, 0.2) is 90.3 Å². The number of Topliss-reactive ketones (excluding diaryl/α,β-unsaturated/α-hetero) is 1. The van der Waals surface area contributed by atoms with Crippen LogP contribution in [0.1, 0.15) is 64.4 Å². The summed E-state index contributed by atoms with van der Waals surface area (Å²) in [7, 11) is 0. The largest absolute Gasteiger partial charge is 0.381 e. The molecule has 176 valence electrons. The molecule has 0 aromatic heterocycles. The number of halogens is 1. The summed E-state index contributed by atoms with van der Waals surface area (Å²) >= 11 is 0. The van der Waals surface area contributed by atoms with Crippen molar-refractivity contribution in [1.82, 2.24) is 0 Å². The van der Waals surface area contributed by atoms with Crippen LogP contribution in [0.25, 0.3) is 0 Å². The molecule has 1 aromatic rings. The van der Waals surface area contributed by atoms with Crippen LogP contribution in [-0.2, 0) is 9.53 Å². The Bertz CT molecular complexity index is 965. The average Bonchev–Trinajstić information content (AvgIpc) is 2.83. The van der Waals surface area contributed by atoms with Gasteiger partial charge in [0, 0.05) is 18.8 Å². The first-order valence-corrected chi connectivity index (χ1v) is 11.7. The molecule has 1 fully saturated rings. The SMILES string of the molecule is C=C=C/C(=C\C(CC(C)c1ccc(F)cc1)=C(/C)C=C)C(=O)C(=C)CC1(CC)CCOCC1. The summed E-state index contributed by atoms with van der Waals surface area (Å²) in [5.74, 6) is -0.181. The standard InChI is InChI=1S/C30H37FO2/c1-7-10-26(29(32)24(6)21-30(9-3)15-17-33-18-16-30)20-27(22(4)8-2)19-23(5)25-11-13-28(31)14-12-25/h8,10-14,20,23H,1-2,6,9,15-19,21H2,3-5H3/b26-20+,27-22+. The summed E-state index contributed by atoms with van der Waals surface area (Å²) in [4.78, 5) is 13.4. The van der Waals surface area contributed by atoms with Gasteiger partial charge in [-0.3, -0.25) is 4.79 Å². The fourth-order valence-corrected chi connectivity index (χ4v) is 4.37. The van der Waals surface area contributed by atoms with E-state index in [9.17, 15) is 9.18 Å². The van der Waals surface area contributed by atoms with Gasteiger partial charge in [0.05, 0.1) is 0 Å². The van der Waals surface area contributed by atoms with Crippen LogP contribution in [-0.4, -0.2) is 19.0 Å². The molecule has 2 nitrogen and oxygen atoms in total. The lowest BCUT2D eigenvalue weighted by atomic mass is 9.72. The first-order chi connectivity index (χ1) is 15.7. The summed E-state index contributed by atoms with van der Waals surface area (Å²) in [5, 5.41) is 0. The Balaban J connectivity index is 2.31. The van der Waals surface area contributed by atoms with Gasteiger partial charge in [-0.1, -0.05) is 51.8 Å². The zero-order valence-electron chi connectivity index (χ0n) is 20.4. The molecule has 0 spiro atoms. The van der Waals surface area contributed by atoms with Crippen molar-refractivity contribution < 1.29 is 13.9 Å². The molecule has 1 aliphatic heterocycles. The minimum atomic E-state index is -0.249. The summed E-state index contributed by atoms with van der Waals surface area (Å²) in [6, 6.07) is 6.57. The second kappa shape index (κ2) is 12.5. The number of rotatable bonds is 11. The molecule has 33 heavy (non-hydrogen) atoms. The van der Waals surface area contributed by atoms with Gasteiger partial charge in [-0.25, -0.2) is 4.39 Å². The summed E-state index contributed by atoms with van der Waals surface area (Å²) < 4.78 is 18.9. The molecule has 1 aromatic carbocycles. The highest BCUT2D eigenvalue weighted by atomic mass is 19.1. The van der Waals surface area contributed by atoms with E-state index in [1.165, 1.54) is 12.1 Å². The molecule has 1 aliphatic rings. The quantitative estimate of drug-likeness (QED) is 0.196. The molecule has 1 atom stereocenters. The van der Waals surface area contributed by atoms with Crippen LogP contribution in [0.5, 0.6) is 0 Å². The van der Waals surface area contributed by atoms with Crippen molar-refractivity contribution in [2.24, 2.45) is 5.41 Å². The third-order valence-electron chi connectivity index (χ3n) is 6.84. The molecule has 2 rings (SSSR count). The molecule has 1 unspecified atom stereocenters. The monoisotopic (exact) mass is 448 g/mol. The molecule has 0 aliphatic carbocycles. The zero-order valence-corrected chi connectivity index (χ0v) is 20.4. The lowest BCUT2D eigenvalue weighted by Gasteiger charge is -2.36. The smallest absolute Gasteiger partial charge is 0.189 e. The number of carbonyl (C=O) groups is 1. The molecule has 0 bridgehead atoms. The molecule has 0 saturated carbocycles. The second-order valence-electron chi connectivity index (χ2n) is 9.09. The number of benzene rings is 1. The Morgan fingerprint density at radius 2 is 1.91 bits per heavy atom. The number of allylic oxidation sites excluding steroid dienone is 7. The molecule has 1 saturated heterocycles. The third kappa shape index (κ3) is 7.39. The highest BCUT2D eigenvalue weighted by Gasteiger charge is 2.33. The molecule has 0 radical (unpaired) electrons. The van der Waals surface area contributed by atoms with Crippen molar-refractivity contribution in [3.8, 4) is 0 Å². The van der Waals surface area contributed by atoms with Gasteiger partial charge in [0.2, 0.25) is 0 Å². The fourth-order valence-electron chi connectivity index (χ4n) is 4.37. The number of hydrogen-bond acceptors (Lipinski definition) is 2. The number of ketones is 1. The van der Waals surface area contributed by atoms with Crippen molar-refractivity contribution >= 4 is 5.78 Å². The minimum absolute atomic E-state index is 0.0702. The van der Waals surface area contributed by atoms with Gasteiger partial charge in [0.25, 0.3) is 0 Å². The Morgan fingerprint density at radius 1 is 1.27 bits per heavy atom. The van der Waals surface area contributed by atoms with Crippen LogP contribution in [0.4, 0.5) is 4.39 Å². The van der Waals surface area contributed by atoms with Crippen molar-refractivity contribution in [1.29, 1.82) is 0 Å². The predicted molar refractivity (Wildman–Crippen MR) is 136 cm³/mol. The van der Waals surface area contributed by atoms with E-state index < -0.39 is 0 Å². The van der Waals surface area contributed by atoms with E-state index in [0.717, 1.165) is 49.2 Å². The summed E-state index contributed by atoms with van der Waals surface area (Å²) in [6.45, 7) is 19.5. The van der Waals surface area contributed by atoms with Gasteiger partial charge in [-0.05, 0) is 96.9 Å². The van der Waals surface area contributed by atoms with Crippen LogP contribution < -0.4 is 0 Å². The molecular weight excluding hydrogens is 411 g/mol. The van der Waals surface area contributed by atoms with Crippen LogP contribution in [0.3, 0.4) is 0 Å². The van der Waals surface area contributed by atoms with E-state index in [4.69, 9.17) is 4.74 Å². The predicted octanol–water partition coefficient (Wildman–Crippen LogP) is 7.81. The lowest BCUT2D eigenvalue weighted by molar-refractivity contribution is -0.112.